The minimum absolute atomic E-state index is 0.315. The monoisotopic (exact) mass is 311 g/mol. The number of thioether (sulfide) groups is 1. The van der Waals surface area contributed by atoms with Crippen LogP contribution in [-0.4, -0.2) is 48.0 Å². The Morgan fingerprint density at radius 2 is 2.35 bits per heavy atom. The van der Waals surface area contributed by atoms with Crippen molar-refractivity contribution in [2.45, 2.75) is 31.4 Å². The lowest BCUT2D eigenvalue weighted by molar-refractivity contribution is 0.375. The number of nitrogens with one attached hydrogen (secondary N) is 1. The van der Waals surface area contributed by atoms with E-state index in [-0.39, 0.29) is 0 Å². The van der Waals surface area contributed by atoms with E-state index in [9.17, 15) is 0 Å². The summed E-state index contributed by atoms with van der Waals surface area (Å²) in [7, 11) is 1.88. The maximum absolute atomic E-state index is 4.46. The largest absolute Gasteiger partial charge is 0.356 e. The van der Waals surface area contributed by atoms with Gasteiger partial charge in [0.2, 0.25) is 0 Å². The molecule has 1 atom stereocenters. The molecule has 1 aromatic heterocycles. The first-order valence-electron chi connectivity index (χ1n) is 7.15. The highest BCUT2D eigenvalue weighted by Gasteiger charge is 2.28. The summed E-state index contributed by atoms with van der Waals surface area (Å²) in [6.45, 7) is 9.97. The van der Waals surface area contributed by atoms with Crippen LogP contribution in [-0.2, 0) is 0 Å². The lowest BCUT2D eigenvalue weighted by atomic mass is 10.1. The van der Waals surface area contributed by atoms with Crippen LogP contribution in [0.2, 0.25) is 0 Å². The number of nitrogens with zero attached hydrogens (tertiary/aromatic N) is 2. The molecule has 1 aliphatic heterocycles. The summed E-state index contributed by atoms with van der Waals surface area (Å²) in [6.07, 6.45) is 0. The molecule has 1 unspecified atom stereocenters. The van der Waals surface area contributed by atoms with Crippen molar-refractivity contribution in [1.29, 1.82) is 0 Å². The molecule has 1 aliphatic rings. The molecule has 0 radical (unpaired) electrons. The van der Waals surface area contributed by atoms with Crippen molar-refractivity contribution >= 4 is 29.1 Å². The van der Waals surface area contributed by atoms with E-state index in [1.165, 1.54) is 10.6 Å². The van der Waals surface area contributed by atoms with E-state index in [4.69, 9.17) is 0 Å². The fourth-order valence-corrected chi connectivity index (χ4v) is 4.34. The molecule has 1 aromatic rings. The molecule has 0 amide bonds. The van der Waals surface area contributed by atoms with Gasteiger partial charge in [0, 0.05) is 48.0 Å². The van der Waals surface area contributed by atoms with Gasteiger partial charge in [-0.05, 0) is 25.3 Å². The number of hydrogen-bond acceptors (Lipinski definition) is 3. The SMILES string of the molecule is CN=C(NCC(C)c1cccs1)N1CCSC(C)(C)C1. The zero-order valence-corrected chi connectivity index (χ0v) is 14.5. The van der Waals surface area contributed by atoms with E-state index in [1.54, 1.807) is 0 Å². The Labute approximate surface area is 130 Å². The molecule has 5 heteroatoms. The van der Waals surface area contributed by atoms with Gasteiger partial charge < -0.3 is 10.2 Å². The van der Waals surface area contributed by atoms with Crippen LogP contribution in [0.4, 0.5) is 0 Å². The second kappa shape index (κ2) is 6.85. The maximum atomic E-state index is 4.46. The molecule has 0 saturated carbocycles. The second-order valence-corrected chi connectivity index (χ2v) is 8.66. The van der Waals surface area contributed by atoms with Crippen LogP contribution in [0.5, 0.6) is 0 Å². The van der Waals surface area contributed by atoms with Crippen LogP contribution < -0.4 is 5.32 Å². The lowest BCUT2D eigenvalue weighted by Gasteiger charge is -2.39. The van der Waals surface area contributed by atoms with Gasteiger partial charge in [-0.1, -0.05) is 13.0 Å². The van der Waals surface area contributed by atoms with Gasteiger partial charge in [-0.3, -0.25) is 4.99 Å². The van der Waals surface area contributed by atoms with Crippen LogP contribution in [0.3, 0.4) is 0 Å². The van der Waals surface area contributed by atoms with Gasteiger partial charge in [0.05, 0.1) is 0 Å². The quantitative estimate of drug-likeness (QED) is 0.686. The van der Waals surface area contributed by atoms with Gasteiger partial charge in [0.25, 0.3) is 0 Å². The van der Waals surface area contributed by atoms with E-state index in [2.05, 4.69) is 65.3 Å². The number of hydrogen-bond donors (Lipinski definition) is 1. The van der Waals surface area contributed by atoms with Crippen LogP contribution in [0.15, 0.2) is 22.5 Å². The van der Waals surface area contributed by atoms with E-state index in [1.807, 2.05) is 18.4 Å². The predicted molar refractivity (Wildman–Crippen MR) is 92.2 cm³/mol. The highest BCUT2D eigenvalue weighted by Crippen LogP contribution is 2.29. The minimum atomic E-state index is 0.315. The molecule has 0 spiro atoms. The Hall–Kier alpha value is -0.680. The molecule has 2 rings (SSSR count). The van der Waals surface area contributed by atoms with Gasteiger partial charge in [0.15, 0.2) is 5.96 Å². The van der Waals surface area contributed by atoms with Crippen LogP contribution in [0.25, 0.3) is 0 Å². The van der Waals surface area contributed by atoms with E-state index in [0.717, 1.165) is 25.6 Å². The molecule has 1 fully saturated rings. The molecule has 20 heavy (non-hydrogen) atoms. The number of thiophene rings is 1. The first kappa shape index (κ1) is 15.7. The zero-order chi connectivity index (χ0) is 14.6. The van der Waals surface area contributed by atoms with Gasteiger partial charge in [-0.25, -0.2) is 0 Å². The van der Waals surface area contributed by atoms with Crippen molar-refractivity contribution in [3.8, 4) is 0 Å². The van der Waals surface area contributed by atoms with Crippen LogP contribution >= 0.6 is 23.1 Å². The summed E-state index contributed by atoms with van der Waals surface area (Å²) in [5.41, 5.74) is 0. The zero-order valence-electron chi connectivity index (χ0n) is 12.8. The van der Waals surface area contributed by atoms with Crippen LogP contribution in [0, 0.1) is 0 Å². The minimum Gasteiger partial charge on any atom is -0.356 e. The Morgan fingerprint density at radius 1 is 1.55 bits per heavy atom. The van der Waals surface area contributed by atoms with Crippen molar-refractivity contribution < 1.29 is 0 Å². The third-order valence-electron chi connectivity index (χ3n) is 3.53. The summed E-state index contributed by atoms with van der Waals surface area (Å²) in [5, 5.41) is 5.68. The van der Waals surface area contributed by atoms with E-state index < -0.39 is 0 Å². The smallest absolute Gasteiger partial charge is 0.193 e. The molecule has 1 N–H and O–H groups in total. The first-order valence-corrected chi connectivity index (χ1v) is 9.01. The molecular formula is C15H25N3S2. The summed E-state index contributed by atoms with van der Waals surface area (Å²) in [5.74, 6) is 2.74. The fraction of sp³-hybridized carbons (Fsp3) is 0.667. The van der Waals surface area contributed by atoms with Crippen molar-refractivity contribution in [2.75, 3.05) is 32.4 Å². The maximum Gasteiger partial charge on any atom is 0.193 e. The number of rotatable bonds is 3. The topological polar surface area (TPSA) is 27.6 Å². The van der Waals surface area contributed by atoms with Gasteiger partial charge in [-0.2, -0.15) is 11.8 Å². The summed E-state index contributed by atoms with van der Waals surface area (Å²) in [6, 6.07) is 4.33. The Bertz CT molecular complexity index is 440. The number of aliphatic imine (C=N–C) groups is 1. The Morgan fingerprint density at radius 3 is 2.95 bits per heavy atom. The van der Waals surface area contributed by atoms with Crippen molar-refractivity contribution in [3.05, 3.63) is 22.4 Å². The van der Waals surface area contributed by atoms with Crippen molar-refractivity contribution in [2.24, 2.45) is 4.99 Å². The molecule has 2 heterocycles. The fourth-order valence-electron chi connectivity index (χ4n) is 2.45. The van der Waals surface area contributed by atoms with Crippen LogP contribution in [0.1, 0.15) is 31.6 Å². The Balaban J connectivity index is 1.89. The predicted octanol–water partition coefficient (Wildman–Crippen LogP) is 3.25. The Kier molecular flexibility index (Phi) is 5.38. The summed E-state index contributed by atoms with van der Waals surface area (Å²) < 4.78 is 0.315. The second-order valence-electron chi connectivity index (χ2n) is 5.87. The molecule has 3 nitrogen and oxygen atoms in total. The lowest BCUT2D eigenvalue weighted by Crippen LogP contribution is -2.51. The third kappa shape index (κ3) is 4.16. The molecule has 0 bridgehead atoms. The highest BCUT2D eigenvalue weighted by atomic mass is 32.2. The molecule has 1 saturated heterocycles. The van der Waals surface area contributed by atoms with Crippen molar-refractivity contribution in [3.63, 3.8) is 0 Å². The van der Waals surface area contributed by atoms with Crippen molar-refractivity contribution in [1.82, 2.24) is 10.2 Å². The average molecular weight is 312 g/mol. The third-order valence-corrected chi connectivity index (χ3v) is 5.93. The highest BCUT2D eigenvalue weighted by molar-refractivity contribution is 8.00. The first-order chi connectivity index (χ1) is 9.52. The average Bonchev–Trinajstić information content (AvgIpc) is 2.92. The summed E-state index contributed by atoms with van der Waals surface area (Å²) in [4.78, 5) is 8.28. The standard InChI is InChI=1S/C15H25N3S2/c1-12(13-6-5-8-19-13)10-17-14(16-4)18-7-9-20-15(2,3)11-18/h5-6,8,12H,7,9-11H2,1-4H3,(H,16,17). The van der Waals surface area contributed by atoms with E-state index in [0.29, 0.717) is 10.7 Å². The molecule has 112 valence electrons. The normalized spacial score (nSPS) is 20.8. The van der Waals surface area contributed by atoms with Gasteiger partial charge in [-0.15, -0.1) is 11.3 Å². The number of guanidine groups is 1. The molecule has 0 aromatic carbocycles. The van der Waals surface area contributed by atoms with Gasteiger partial charge in [0.1, 0.15) is 0 Å². The summed E-state index contributed by atoms with van der Waals surface area (Å²) >= 11 is 3.88. The van der Waals surface area contributed by atoms with Gasteiger partial charge >= 0.3 is 0 Å². The molecule has 0 aliphatic carbocycles. The molecular weight excluding hydrogens is 286 g/mol. The van der Waals surface area contributed by atoms with E-state index >= 15 is 0 Å².